The van der Waals surface area contributed by atoms with Gasteiger partial charge in [-0.25, -0.2) is 0 Å². The first-order valence-corrected chi connectivity index (χ1v) is 8.80. The van der Waals surface area contributed by atoms with Gasteiger partial charge in [0.25, 0.3) is 0 Å². The number of anilines is 1. The largest absolute Gasteiger partial charge is 0.361 e. The number of aromatic nitrogens is 1. The third-order valence-corrected chi connectivity index (χ3v) is 4.55. The van der Waals surface area contributed by atoms with E-state index in [2.05, 4.69) is 36.2 Å². The van der Waals surface area contributed by atoms with Crippen molar-refractivity contribution in [1.29, 1.82) is 0 Å². The topological polar surface area (TPSA) is 61.6 Å². The molecule has 1 amide bonds. The summed E-state index contributed by atoms with van der Waals surface area (Å²) in [6, 6.07) is 9.58. The van der Waals surface area contributed by atoms with E-state index in [1.165, 1.54) is 0 Å². The molecule has 128 valence electrons. The maximum atomic E-state index is 12.1. The van der Waals surface area contributed by atoms with Gasteiger partial charge in [-0.15, -0.1) is 0 Å². The Kier molecular flexibility index (Phi) is 5.65. The zero-order valence-corrected chi connectivity index (χ0v) is 15.3. The highest BCUT2D eigenvalue weighted by Crippen LogP contribution is 2.14. The average molecular weight is 393 g/mol. The summed E-state index contributed by atoms with van der Waals surface area (Å²) in [6.45, 7) is 6.74. The summed E-state index contributed by atoms with van der Waals surface area (Å²) in [5.74, 6) is 0.867. The van der Waals surface area contributed by atoms with Crippen LogP contribution in [0.2, 0.25) is 0 Å². The molecule has 1 aliphatic heterocycles. The molecular weight excluding hydrogens is 372 g/mol. The third-order valence-electron chi connectivity index (χ3n) is 4.02. The molecule has 0 aliphatic carbocycles. The zero-order valence-electron chi connectivity index (χ0n) is 13.7. The van der Waals surface area contributed by atoms with Crippen molar-refractivity contribution in [2.24, 2.45) is 0 Å². The molecule has 0 saturated carbocycles. The number of nitrogens with zero attached hydrogens (tertiary/aromatic N) is 3. The van der Waals surface area contributed by atoms with E-state index in [1.54, 1.807) is 0 Å². The van der Waals surface area contributed by atoms with Gasteiger partial charge in [-0.2, -0.15) is 0 Å². The average Bonchev–Trinajstić information content (AvgIpc) is 2.96. The minimum absolute atomic E-state index is 0.0258. The number of carbonyl (C=O) groups is 1. The van der Waals surface area contributed by atoms with Crippen LogP contribution in [0, 0.1) is 6.92 Å². The lowest BCUT2D eigenvalue weighted by molar-refractivity contribution is -0.117. The summed E-state index contributed by atoms with van der Waals surface area (Å²) < 4.78 is 6.10. The normalized spacial score (nSPS) is 16.2. The highest BCUT2D eigenvalue weighted by molar-refractivity contribution is 9.10. The molecule has 2 aromatic rings. The van der Waals surface area contributed by atoms with Crippen molar-refractivity contribution >= 4 is 27.5 Å². The fraction of sp³-hybridized carbons (Fsp3) is 0.412. The summed E-state index contributed by atoms with van der Waals surface area (Å²) in [6.07, 6.45) is 0. The van der Waals surface area contributed by atoms with E-state index in [4.69, 9.17) is 4.52 Å². The second-order valence-electron chi connectivity index (χ2n) is 6.04. The van der Waals surface area contributed by atoms with Crippen LogP contribution in [0.5, 0.6) is 0 Å². The second kappa shape index (κ2) is 7.92. The van der Waals surface area contributed by atoms with Crippen LogP contribution in [0.1, 0.15) is 11.5 Å². The lowest BCUT2D eigenvalue weighted by Gasteiger charge is -2.33. The minimum atomic E-state index is 0.0258. The van der Waals surface area contributed by atoms with Gasteiger partial charge in [0.2, 0.25) is 5.91 Å². The molecule has 1 aromatic carbocycles. The predicted octanol–water partition coefficient (Wildman–Crippen LogP) is 2.50. The van der Waals surface area contributed by atoms with Gasteiger partial charge in [0.1, 0.15) is 5.76 Å². The first-order chi connectivity index (χ1) is 11.6. The molecule has 2 heterocycles. The Morgan fingerprint density at radius 1 is 1.21 bits per heavy atom. The van der Waals surface area contributed by atoms with Gasteiger partial charge in [-0.1, -0.05) is 21.1 Å². The smallest absolute Gasteiger partial charge is 0.238 e. The Hall–Kier alpha value is -1.70. The second-order valence-corrected chi connectivity index (χ2v) is 6.95. The maximum absolute atomic E-state index is 12.1. The van der Waals surface area contributed by atoms with Crippen LogP contribution >= 0.6 is 15.9 Å². The molecule has 1 N–H and O–H groups in total. The van der Waals surface area contributed by atoms with Crippen LogP contribution in [0.3, 0.4) is 0 Å². The summed E-state index contributed by atoms with van der Waals surface area (Å²) in [7, 11) is 0. The van der Waals surface area contributed by atoms with E-state index >= 15 is 0 Å². The monoisotopic (exact) mass is 392 g/mol. The molecule has 0 atom stereocenters. The third kappa shape index (κ3) is 4.90. The van der Waals surface area contributed by atoms with Gasteiger partial charge in [0.05, 0.1) is 12.2 Å². The number of carbonyl (C=O) groups excluding carboxylic acids is 1. The number of hydrogen-bond donors (Lipinski definition) is 1. The molecule has 7 heteroatoms. The van der Waals surface area contributed by atoms with Crippen molar-refractivity contribution in [2.75, 3.05) is 38.0 Å². The molecule has 1 aromatic heterocycles. The molecule has 24 heavy (non-hydrogen) atoms. The molecule has 1 fully saturated rings. The van der Waals surface area contributed by atoms with Crippen LogP contribution in [0.25, 0.3) is 0 Å². The maximum Gasteiger partial charge on any atom is 0.238 e. The molecule has 0 unspecified atom stereocenters. The Bertz CT molecular complexity index is 678. The van der Waals surface area contributed by atoms with Crippen molar-refractivity contribution in [3.8, 4) is 0 Å². The zero-order chi connectivity index (χ0) is 16.9. The van der Waals surface area contributed by atoms with Crippen LogP contribution in [-0.2, 0) is 11.3 Å². The van der Waals surface area contributed by atoms with Gasteiger partial charge >= 0.3 is 0 Å². The molecule has 1 aliphatic rings. The summed E-state index contributed by atoms with van der Waals surface area (Å²) in [4.78, 5) is 16.7. The van der Waals surface area contributed by atoms with Crippen molar-refractivity contribution < 1.29 is 9.32 Å². The summed E-state index contributed by atoms with van der Waals surface area (Å²) in [5.41, 5.74) is 1.79. The van der Waals surface area contributed by atoms with Gasteiger partial charge in [0.15, 0.2) is 0 Å². The van der Waals surface area contributed by atoms with E-state index in [-0.39, 0.29) is 5.91 Å². The fourth-order valence-corrected chi connectivity index (χ4v) is 3.03. The van der Waals surface area contributed by atoms with Gasteiger partial charge in [-0.3, -0.25) is 14.6 Å². The number of hydrogen-bond acceptors (Lipinski definition) is 5. The van der Waals surface area contributed by atoms with E-state index in [1.807, 2.05) is 37.3 Å². The highest BCUT2D eigenvalue weighted by Gasteiger charge is 2.19. The number of amides is 1. The number of benzene rings is 1. The van der Waals surface area contributed by atoms with Crippen LogP contribution in [-0.4, -0.2) is 53.6 Å². The number of rotatable bonds is 5. The Labute approximate surface area is 149 Å². The first-order valence-electron chi connectivity index (χ1n) is 8.01. The number of piperazine rings is 1. The van der Waals surface area contributed by atoms with E-state index < -0.39 is 0 Å². The molecule has 0 spiro atoms. The summed E-state index contributed by atoms with van der Waals surface area (Å²) >= 11 is 3.39. The lowest BCUT2D eigenvalue weighted by Crippen LogP contribution is -2.48. The molecule has 3 rings (SSSR count). The Balaban J connectivity index is 1.41. The van der Waals surface area contributed by atoms with Crippen LogP contribution in [0.4, 0.5) is 5.69 Å². The molecule has 6 nitrogen and oxygen atoms in total. The van der Waals surface area contributed by atoms with Gasteiger partial charge in [-0.05, 0) is 31.2 Å². The van der Waals surface area contributed by atoms with Crippen molar-refractivity contribution in [3.05, 3.63) is 46.3 Å². The quantitative estimate of drug-likeness (QED) is 0.846. The van der Waals surface area contributed by atoms with E-state index in [0.29, 0.717) is 6.54 Å². The lowest BCUT2D eigenvalue weighted by atomic mass is 10.2. The predicted molar refractivity (Wildman–Crippen MR) is 95.7 cm³/mol. The van der Waals surface area contributed by atoms with E-state index in [9.17, 15) is 4.79 Å². The Morgan fingerprint density at radius 3 is 2.50 bits per heavy atom. The number of nitrogens with one attached hydrogen (secondary N) is 1. The van der Waals surface area contributed by atoms with E-state index in [0.717, 1.165) is 54.3 Å². The summed E-state index contributed by atoms with van der Waals surface area (Å²) in [5, 5.41) is 6.97. The fourth-order valence-electron chi connectivity index (χ4n) is 2.76. The standard InChI is InChI=1S/C17H21BrN4O2/c1-13-10-16(20-24-13)11-21-6-8-22(9-7-21)12-17(23)19-15-4-2-14(18)3-5-15/h2-5,10H,6-9,11-12H2,1H3,(H,19,23). The van der Waals surface area contributed by atoms with Crippen molar-refractivity contribution in [1.82, 2.24) is 15.0 Å². The minimum Gasteiger partial charge on any atom is -0.361 e. The molecule has 0 radical (unpaired) electrons. The SMILES string of the molecule is Cc1cc(CN2CCN(CC(=O)Nc3ccc(Br)cc3)CC2)no1. The van der Waals surface area contributed by atoms with Crippen molar-refractivity contribution in [3.63, 3.8) is 0 Å². The molecule has 0 bridgehead atoms. The van der Waals surface area contributed by atoms with Crippen LogP contribution in [0.15, 0.2) is 39.3 Å². The van der Waals surface area contributed by atoms with Gasteiger partial charge in [0, 0.05) is 49.0 Å². The first kappa shape index (κ1) is 17.1. The van der Waals surface area contributed by atoms with Crippen molar-refractivity contribution in [2.45, 2.75) is 13.5 Å². The Morgan fingerprint density at radius 2 is 1.88 bits per heavy atom. The highest BCUT2D eigenvalue weighted by atomic mass is 79.9. The number of halogens is 1. The number of aryl methyl sites for hydroxylation is 1. The van der Waals surface area contributed by atoms with Gasteiger partial charge < -0.3 is 9.84 Å². The molecule has 1 saturated heterocycles. The molecular formula is C17H21BrN4O2. The van der Waals surface area contributed by atoms with Crippen LogP contribution < -0.4 is 5.32 Å².